The first-order valence-corrected chi connectivity index (χ1v) is 36.9. The summed E-state index contributed by atoms with van der Waals surface area (Å²) in [4.78, 5) is 9.44. The fourth-order valence-electron chi connectivity index (χ4n) is 15.1. The standard InChI is InChI=1S/C104H74N4/c1-5-20-75(21-6-1)78-38-56-92(57-39-78)105(93-58-40-79(41-59-93)76-22-7-2-8-23-76)95-62-44-81(45-63-95)82-46-64-96(65-47-82)106(94-60-42-80(43-61-94)77-24-9-3-10-25-77)97-66-52-85(53-67-97)89-30-17-31-90(74-89)86-54-72-100(73-55-86)108(104-37-19-29-88-27-14-16-35-102(88)104)99-70-50-84(51-71-99)83-48-68-98(69-49-83)107(91-32-11-4-12-33-91)103-36-18-28-87-26-13-15-34-101(87)103/h1-74H. The molecule has 0 aliphatic carbocycles. The molecule has 0 atom stereocenters. The lowest BCUT2D eigenvalue weighted by Gasteiger charge is -2.27. The van der Waals surface area contributed by atoms with E-state index in [1.54, 1.807) is 0 Å². The van der Waals surface area contributed by atoms with Crippen molar-refractivity contribution in [2.45, 2.75) is 0 Å². The Hall–Kier alpha value is -14.3. The van der Waals surface area contributed by atoms with Gasteiger partial charge in [-0.05, 0) is 228 Å². The van der Waals surface area contributed by atoms with Gasteiger partial charge in [0.1, 0.15) is 0 Å². The number of para-hydroxylation sites is 1. The summed E-state index contributed by atoms with van der Waals surface area (Å²) in [5.41, 5.74) is 29.3. The minimum atomic E-state index is 1.06. The molecule has 0 aromatic heterocycles. The first-order chi connectivity index (χ1) is 53.5. The van der Waals surface area contributed by atoms with Crippen LogP contribution in [0.3, 0.4) is 0 Å². The number of fused-ring (bicyclic) bond motifs is 2. The molecule has 0 spiro atoms. The minimum Gasteiger partial charge on any atom is -0.311 e. The van der Waals surface area contributed by atoms with E-state index in [2.05, 4.69) is 469 Å². The number of rotatable bonds is 19. The molecule has 0 fully saturated rings. The molecular formula is C104H74N4. The summed E-state index contributed by atoms with van der Waals surface area (Å²) in [6, 6.07) is 162. The van der Waals surface area contributed by atoms with Crippen LogP contribution in [0.4, 0.5) is 68.2 Å². The van der Waals surface area contributed by atoms with Crippen molar-refractivity contribution < 1.29 is 0 Å². The van der Waals surface area contributed by atoms with E-state index in [4.69, 9.17) is 0 Å². The molecule has 0 saturated heterocycles. The van der Waals surface area contributed by atoms with Crippen molar-refractivity contribution in [3.63, 3.8) is 0 Å². The summed E-state index contributed by atoms with van der Waals surface area (Å²) in [7, 11) is 0. The van der Waals surface area contributed by atoms with Gasteiger partial charge in [-0.2, -0.15) is 0 Å². The number of anilines is 12. The monoisotopic (exact) mass is 1380 g/mol. The minimum absolute atomic E-state index is 1.06. The average Bonchev–Trinajstić information content (AvgIpc) is 0.788. The average molecular weight is 1380 g/mol. The van der Waals surface area contributed by atoms with Crippen LogP contribution >= 0.6 is 0 Å². The maximum Gasteiger partial charge on any atom is 0.0540 e. The molecule has 18 rings (SSSR count). The van der Waals surface area contributed by atoms with E-state index in [-0.39, 0.29) is 0 Å². The van der Waals surface area contributed by atoms with Crippen LogP contribution in [0.5, 0.6) is 0 Å². The molecule has 0 unspecified atom stereocenters. The van der Waals surface area contributed by atoms with E-state index in [1.165, 1.54) is 54.9 Å². The Labute approximate surface area is 632 Å². The van der Waals surface area contributed by atoms with Gasteiger partial charge in [0.2, 0.25) is 0 Å². The molecule has 18 aromatic carbocycles. The van der Waals surface area contributed by atoms with Crippen LogP contribution in [-0.2, 0) is 0 Å². The van der Waals surface area contributed by atoms with Crippen molar-refractivity contribution >= 4 is 89.8 Å². The van der Waals surface area contributed by atoms with Crippen LogP contribution in [0, 0.1) is 0 Å². The van der Waals surface area contributed by atoms with Gasteiger partial charge < -0.3 is 19.6 Å². The molecule has 0 heterocycles. The number of hydrogen-bond donors (Lipinski definition) is 0. The molecule has 4 nitrogen and oxygen atoms in total. The molecule has 4 heteroatoms. The van der Waals surface area contributed by atoms with Gasteiger partial charge in [-0.3, -0.25) is 0 Å². The van der Waals surface area contributed by atoms with Gasteiger partial charge >= 0.3 is 0 Å². The van der Waals surface area contributed by atoms with Crippen molar-refractivity contribution in [3.05, 3.63) is 449 Å². The summed E-state index contributed by atoms with van der Waals surface area (Å²) in [5.74, 6) is 0. The molecular weight excluding hydrogens is 1310 g/mol. The summed E-state index contributed by atoms with van der Waals surface area (Å²) in [6.07, 6.45) is 0. The zero-order valence-electron chi connectivity index (χ0n) is 59.5. The molecule has 0 aliphatic rings. The first kappa shape index (κ1) is 65.7. The van der Waals surface area contributed by atoms with E-state index < -0.39 is 0 Å². The first-order valence-electron chi connectivity index (χ1n) is 36.9. The Morgan fingerprint density at radius 1 is 0.111 bits per heavy atom. The van der Waals surface area contributed by atoms with Crippen molar-refractivity contribution in [2.24, 2.45) is 0 Å². The van der Waals surface area contributed by atoms with Crippen molar-refractivity contribution in [1.29, 1.82) is 0 Å². The van der Waals surface area contributed by atoms with Crippen LogP contribution in [0.1, 0.15) is 0 Å². The predicted octanol–water partition coefficient (Wildman–Crippen LogP) is 29.5. The van der Waals surface area contributed by atoms with Gasteiger partial charge in [0.05, 0.1) is 11.4 Å². The predicted molar refractivity (Wildman–Crippen MR) is 458 cm³/mol. The SMILES string of the molecule is c1ccc(-c2ccc(N(c3ccc(-c4ccccc4)cc3)c3ccc(-c4ccc(N(c5ccc(-c6ccccc6)cc5)c5ccc(-c6cccc(-c7ccc(N(c8ccc(-c9ccc(N(c%10ccccc%10)c%10cccc%11ccccc%10%11)cc9)cc8)c8cccc9ccccc89)cc7)c6)cc5)cc4)cc3)cc2)cc1. The third-order valence-electron chi connectivity index (χ3n) is 20.7. The van der Waals surface area contributed by atoms with Gasteiger partial charge in [-0.15, -0.1) is 0 Å². The summed E-state index contributed by atoms with van der Waals surface area (Å²) in [5, 5.41) is 4.79. The summed E-state index contributed by atoms with van der Waals surface area (Å²) >= 11 is 0. The molecule has 0 amide bonds. The Morgan fingerprint density at radius 2 is 0.287 bits per heavy atom. The van der Waals surface area contributed by atoms with Crippen LogP contribution in [-0.4, -0.2) is 0 Å². The molecule has 18 aromatic rings. The van der Waals surface area contributed by atoms with Crippen LogP contribution in [0.15, 0.2) is 449 Å². The quantitative estimate of drug-likeness (QED) is 0.0800. The maximum atomic E-state index is 2.39. The molecule has 0 N–H and O–H groups in total. The highest BCUT2D eigenvalue weighted by Crippen LogP contribution is 2.45. The second-order valence-corrected chi connectivity index (χ2v) is 27.3. The van der Waals surface area contributed by atoms with E-state index in [9.17, 15) is 0 Å². The Bertz CT molecular complexity index is 5980. The molecule has 0 saturated carbocycles. The van der Waals surface area contributed by atoms with Crippen LogP contribution < -0.4 is 19.6 Å². The van der Waals surface area contributed by atoms with Crippen molar-refractivity contribution in [3.8, 4) is 77.9 Å². The van der Waals surface area contributed by atoms with Crippen LogP contribution in [0.2, 0.25) is 0 Å². The molecule has 0 radical (unpaired) electrons. The number of hydrogen-bond acceptors (Lipinski definition) is 4. The highest BCUT2D eigenvalue weighted by atomic mass is 15.2. The third-order valence-corrected chi connectivity index (χ3v) is 20.7. The van der Waals surface area contributed by atoms with Crippen LogP contribution in [0.25, 0.3) is 99.4 Å². The number of benzene rings is 18. The van der Waals surface area contributed by atoms with Gasteiger partial charge in [-0.25, -0.2) is 0 Å². The topological polar surface area (TPSA) is 13.0 Å². The Kier molecular flexibility index (Phi) is 18.1. The van der Waals surface area contributed by atoms with E-state index in [0.29, 0.717) is 0 Å². The second kappa shape index (κ2) is 29.8. The van der Waals surface area contributed by atoms with Gasteiger partial charge in [0.25, 0.3) is 0 Å². The molecule has 510 valence electrons. The van der Waals surface area contributed by atoms with Crippen molar-refractivity contribution in [2.75, 3.05) is 19.6 Å². The summed E-state index contributed by atoms with van der Waals surface area (Å²) in [6.45, 7) is 0. The van der Waals surface area contributed by atoms with E-state index >= 15 is 0 Å². The largest absolute Gasteiger partial charge is 0.311 e. The zero-order chi connectivity index (χ0) is 72.0. The smallest absolute Gasteiger partial charge is 0.0540 e. The van der Waals surface area contributed by atoms with Gasteiger partial charge in [0, 0.05) is 67.6 Å². The zero-order valence-corrected chi connectivity index (χ0v) is 59.5. The lowest BCUT2D eigenvalue weighted by atomic mass is 9.98. The van der Waals surface area contributed by atoms with Gasteiger partial charge in [0.15, 0.2) is 0 Å². The highest BCUT2D eigenvalue weighted by Gasteiger charge is 2.21. The second-order valence-electron chi connectivity index (χ2n) is 27.3. The van der Waals surface area contributed by atoms with E-state index in [1.807, 2.05) is 0 Å². The third kappa shape index (κ3) is 13.6. The lowest BCUT2D eigenvalue weighted by Crippen LogP contribution is -2.10. The highest BCUT2D eigenvalue weighted by molar-refractivity contribution is 6.01. The van der Waals surface area contributed by atoms with Gasteiger partial charge in [-0.1, -0.05) is 309 Å². The molecule has 0 aliphatic heterocycles. The number of nitrogens with zero attached hydrogens (tertiary/aromatic N) is 4. The molecule has 108 heavy (non-hydrogen) atoms. The fourth-order valence-corrected chi connectivity index (χ4v) is 15.1. The Morgan fingerprint density at radius 3 is 0.556 bits per heavy atom. The van der Waals surface area contributed by atoms with E-state index in [0.717, 1.165) is 113 Å². The normalized spacial score (nSPS) is 11.1. The lowest BCUT2D eigenvalue weighted by molar-refractivity contribution is 1.28. The van der Waals surface area contributed by atoms with Crippen molar-refractivity contribution in [1.82, 2.24) is 0 Å². The fraction of sp³-hybridized carbons (Fsp3) is 0. The maximum absolute atomic E-state index is 2.39. The summed E-state index contributed by atoms with van der Waals surface area (Å²) < 4.78 is 0. The molecule has 0 bridgehead atoms. The Balaban J connectivity index is 0.615.